The van der Waals surface area contributed by atoms with E-state index in [0.717, 1.165) is 0 Å². The minimum atomic E-state index is -1.10. The number of primary amides is 1. The Bertz CT molecular complexity index is 361. The van der Waals surface area contributed by atoms with E-state index in [-0.39, 0.29) is 18.7 Å². The van der Waals surface area contributed by atoms with E-state index in [1.54, 1.807) is 0 Å². The number of rotatable bonds is 5. The third-order valence-corrected chi connectivity index (χ3v) is 1.57. The summed E-state index contributed by atoms with van der Waals surface area (Å²) in [6, 6.07) is 2.79. The van der Waals surface area contributed by atoms with Crippen molar-refractivity contribution in [3.63, 3.8) is 0 Å². The molecule has 0 aliphatic rings. The number of nitrogens with two attached hydrogens (primary N) is 1. The van der Waals surface area contributed by atoms with Crippen LogP contribution >= 0.6 is 0 Å². The number of aromatic carboxylic acids is 1. The van der Waals surface area contributed by atoms with Crippen molar-refractivity contribution in [2.24, 2.45) is 5.73 Å². The van der Waals surface area contributed by atoms with E-state index in [9.17, 15) is 9.59 Å². The molecule has 3 N–H and O–H groups in total. The summed E-state index contributed by atoms with van der Waals surface area (Å²) in [7, 11) is 0. The second kappa shape index (κ2) is 4.94. The molecule has 15 heavy (non-hydrogen) atoms. The Morgan fingerprint density at radius 3 is 2.67 bits per heavy atom. The number of carboxylic acids is 1. The second-order valence-electron chi connectivity index (χ2n) is 2.75. The Labute approximate surface area is 85.7 Å². The van der Waals surface area contributed by atoms with Gasteiger partial charge in [0.25, 0.3) is 0 Å². The fraction of sp³-hybridized carbons (Fsp3) is 0.222. The summed E-state index contributed by atoms with van der Waals surface area (Å²) in [5, 5.41) is 8.56. The second-order valence-corrected chi connectivity index (χ2v) is 2.75. The van der Waals surface area contributed by atoms with Gasteiger partial charge in [0.2, 0.25) is 5.91 Å². The van der Waals surface area contributed by atoms with E-state index >= 15 is 0 Å². The molecule has 0 saturated carbocycles. The van der Waals surface area contributed by atoms with Gasteiger partial charge >= 0.3 is 5.97 Å². The van der Waals surface area contributed by atoms with Crippen molar-refractivity contribution in [2.45, 2.75) is 6.42 Å². The van der Waals surface area contributed by atoms with Crippen LogP contribution in [0.5, 0.6) is 5.75 Å². The summed E-state index contributed by atoms with van der Waals surface area (Å²) < 4.78 is 5.10. The topological polar surface area (TPSA) is 103 Å². The predicted octanol–water partition coefficient (Wildman–Crippen LogP) is 0.0340. The molecule has 0 saturated heterocycles. The molecule has 0 aromatic carbocycles. The molecule has 1 rings (SSSR count). The van der Waals surface area contributed by atoms with Crippen LogP contribution in [0.2, 0.25) is 0 Å². The number of hydrogen-bond acceptors (Lipinski definition) is 4. The third kappa shape index (κ3) is 3.63. The van der Waals surface area contributed by atoms with Crippen LogP contribution in [-0.4, -0.2) is 28.6 Å². The van der Waals surface area contributed by atoms with Gasteiger partial charge in [0.15, 0.2) is 0 Å². The lowest BCUT2D eigenvalue weighted by atomic mass is 10.3. The monoisotopic (exact) mass is 210 g/mol. The lowest BCUT2D eigenvalue weighted by Gasteiger charge is -2.03. The van der Waals surface area contributed by atoms with E-state index in [1.165, 1.54) is 18.3 Å². The Morgan fingerprint density at radius 1 is 1.47 bits per heavy atom. The average Bonchev–Trinajstić information content (AvgIpc) is 2.18. The molecular weight excluding hydrogens is 200 g/mol. The van der Waals surface area contributed by atoms with Crippen LogP contribution in [-0.2, 0) is 4.79 Å². The Hall–Kier alpha value is -2.11. The molecule has 1 heterocycles. The largest absolute Gasteiger partial charge is 0.491 e. The molecule has 6 nitrogen and oxygen atoms in total. The summed E-state index contributed by atoms with van der Waals surface area (Å²) in [6.45, 7) is 0.156. The van der Waals surface area contributed by atoms with Crippen molar-refractivity contribution < 1.29 is 19.4 Å². The van der Waals surface area contributed by atoms with Crippen LogP contribution in [0.4, 0.5) is 0 Å². The summed E-state index contributed by atoms with van der Waals surface area (Å²) in [4.78, 5) is 24.5. The Balaban J connectivity index is 2.50. The van der Waals surface area contributed by atoms with Gasteiger partial charge in [0.1, 0.15) is 11.4 Å². The van der Waals surface area contributed by atoms with Gasteiger partial charge in [0.05, 0.1) is 19.2 Å². The van der Waals surface area contributed by atoms with E-state index in [2.05, 4.69) is 4.98 Å². The minimum absolute atomic E-state index is 0.0581. The van der Waals surface area contributed by atoms with Crippen molar-refractivity contribution in [3.8, 4) is 5.75 Å². The van der Waals surface area contributed by atoms with Gasteiger partial charge in [0, 0.05) is 0 Å². The number of ether oxygens (including phenoxy) is 1. The van der Waals surface area contributed by atoms with Gasteiger partial charge in [-0.25, -0.2) is 9.78 Å². The summed E-state index contributed by atoms with van der Waals surface area (Å²) in [6.07, 6.45) is 1.39. The van der Waals surface area contributed by atoms with Gasteiger partial charge < -0.3 is 15.6 Å². The van der Waals surface area contributed by atoms with Crippen LogP contribution in [0, 0.1) is 0 Å². The smallest absolute Gasteiger partial charge is 0.354 e. The van der Waals surface area contributed by atoms with Crippen LogP contribution in [0.25, 0.3) is 0 Å². The van der Waals surface area contributed by atoms with Crippen molar-refractivity contribution in [2.75, 3.05) is 6.61 Å². The van der Waals surface area contributed by atoms with Crippen LogP contribution in [0.15, 0.2) is 18.3 Å². The number of pyridine rings is 1. The first-order valence-electron chi connectivity index (χ1n) is 4.20. The van der Waals surface area contributed by atoms with Crippen molar-refractivity contribution in [3.05, 3.63) is 24.0 Å². The van der Waals surface area contributed by atoms with Crippen molar-refractivity contribution in [1.29, 1.82) is 0 Å². The first kappa shape index (κ1) is 11.0. The molecule has 0 spiro atoms. The highest BCUT2D eigenvalue weighted by molar-refractivity contribution is 5.85. The zero-order valence-corrected chi connectivity index (χ0v) is 7.84. The van der Waals surface area contributed by atoms with Gasteiger partial charge in [-0.1, -0.05) is 0 Å². The quantitative estimate of drug-likeness (QED) is 0.713. The number of carbonyl (C=O) groups excluding carboxylic acids is 1. The fourth-order valence-corrected chi connectivity index (χ4v) is 0.862. The number of amides is 1. The molecule has 0 bridgehead atoms. The molecule has 0 aliphatic heterocycles. The van der Waals surface area contributed by atoms with Crippen LogP contribution in [0.1, 0.15) is 16.9 Å². The molecule has 1 aromatic rings. The van der Waals surface area contributed by atoms with E-state index in [1.807, 2.05) is 0 Å². The maximum Gasteiger partial charge on any atom is 0.354 e. The molecule has 0 radical (unpaired) electrons. The summed E-state index contributed by atoms with van der Waals surface area (Å²) in [5.41, 5.74) is 4.85. The maximum atomic E-state index is 10.5. The van der Waals surface area contributed by atoms with Crippen molar-refractivity contribution >= 4 is 11.9 Å². The molecule has 0 atom stereocenters. The SMILES string of the molecule is NC(=O)CCOc1ccc(C(=O)O)nc1. The molecule has 0 fully saturated rings. The molecular formula is C9H10N2O4. The lowest BCUT2D eigenvalue weighted by Crippen LogP contribution is -2.14. The standard InChI is InChI=1S/C9H10N2O4/c10-8(12)3-4-15-6-1-2-7(9(13)14)11-5-6/h1-2,5H,3-4H2,(H2,10,12)(H,13,14). The molecule has 1 aromatic heterocycles. The molecule has 1 amide bonds. The average molecular weight is 210 g/mol. The van der Waals surface area contributed by atoms with Gasteiger partial charge in [-0.05, 0) is 12.1 Å². The maximum absolute atomic E-state index is 10.5. The molecule has 80 valence electrons. The van der Waals surface area contributed by atoms with Gasteiger partial charge in [-0.2, -0.15) is 0 Å². The molecule has 6 heteroatoms. The summed E-state index contributed by atoms with van der Waals surface area (Å²) in [5.74, 6) is -1.15. The summed E-state index contributed by atoms with van der Waals surface area (Å²) >= 11 is 0. The van der Waals surface area contributed by atoms with E-state index < -0.39 is 11.9 Å². The zero-order valence-electron chi connectivity index (χ0n) is 7.84. The highest BCUT2D eigenvalue weighted by Gasteiger charge is 2.04. The molecule has 0 aliphatic carbocycles. The van der Waals surface area contributed by atoms with E-state index in [4.69, 9.17) is 15.6 Å². The van der Waals surface area contributed by atoms with Crippen LogP contribution < -0.4 is 10.5 Å². The van der Waals surface area contributed by atoms with Crippen molar-refractivity contribution in [1.82, 2.24) is 4.98 Å². The predicted molar refractivity (Wildman–Crippen MR) is 50.5 cm³/mol. The lowest BCUT2D eigenvalue weighted by molar-refractivity contribution is -0.118. The van der Waals surface area contributed by atoms with Gasteiger partial charge in [-0.3, -0.25) is 4.79 Å². The fourth-order valence-electron chi connectivity index (χ4n) is 0.862. The normalized spacial score (nSPS) is 9.60. The first-order chi connectivity index (χ1) is 7.09. The number of nitrogens with zero attached hydrogens (tertiary/aromatic N) is 1. The van der Waals surface area contributed by atoms with Crippen LogP contribution in [0.3, 0.4) is 0 Å². The Morgan fingerprint density at radius 2 is 2.20 bits per heavy atom. The minimum Gasteiger partial charge on any atom is -0.491 e. The number of carboxylic acid groups (broad SMARTS) is 1. The third-order valence-electron chi connectivity index (χ3n) is 1.57. The molecule has 0 unspecified atom stereocenters. The van der Waals surface area contributed by atoms with E-state index in [0.29, 0.717) is 5.75 Å². The highest BCUT2D eigenvalue weighted by Crippen LogP contribution is 2.09. The number of carbonyl (C=O) groups is 2. The number of aromatic nitrogens is 1. The van der Waals surface area contributed by atoms with Gasteiger partial charge in [-0.15, -0.1) is 0 Å². The first-order valence-corrected chi connectivity index (χ1v) is 4.20. The Kier molecular flexibility index (Phi) is 3.61. The highest BCUT2D eigenvalue weighted by atomic mass is 16.5. The number of hydrogen-bond donors (Lipinski definition) is 2. The zero-order chi connectivity index (χ0) is 11.3.